The van der Waals surface area contributed by atoms with Gasteiger partial charge in [0, 0.05) is 21.9 Å². The van der Waals surface area contributed by atoms with Crippen LogP contribution in [-0.2, 0) is 5.41 Å². The van der Waals surface area contributed by atoms with Crippen LogP contribution in [0.2, 0.25) is 0 Å². The second-order valence-electron chi connectivity index (χ2n) is 12.2. The summed E-state index contributed by atoms with van der Waals surface area (Å²) in [7, 11) is 0. The van der Waals surface area contributed by atoms with E-state index in [-0.39, 0.29) is 5.41 Å². The monoisotopic (exact) mass is 536 g/mol. The normalized spacial score (nSPS) is 13.9. The zero-order chi connectivity index (χ0) is 28.0. The molecule has 0 spiro atoms. The Kier molecular flexibility index (Phi) is 4.73. The minimum absolute atomic E-state index is 0.0920. The molecule has 1 aliphatic heterocycles. The Morgan fingerprint density at radius 3 is 2.00 bits per heavy atom. The Bertz CT molecular complexity index is 2240. The maximum absolute atomic E-state index is 6.81. The molecule has 1 aliphatic carbocycles. The lowest BCUT2D eigenvalue weighted by Crippen LogP contribution is -2.15. The summed E-state index contributed by atoms with van der Waals surface area (Å²) in [5.41, 5.74) is 12.5. The number of rotatable bonds is 2. The maximum atomic E-state index is 6.81. The molecule has 9 rings (SSSR count). The number of hydrogen-bond acceptors (Lipinski definition) is 1. The van der Waals surface area contributed by atoms with E-state index in [9.17, 15) is 0 Å². The summed E-state index contributed by atoms with van der Waals surface area (Å²) < 4.78 is 6.81. The van der Waals surface area contributed by atoms with Crippen LogP contribution in [0.15, 0.2) is 133 Å². The predicted molar refractivity (Wildman–Crippen MR) is 175 cm³/mol. The van der Waals surface area contributed by atoms with E-state index < -0.39 is 0 Å². The molecule has 42 heavy (non-hydrogen) atoms. The van der Waals surface area contributed by atoms with Gasteiger partial charge in [-0.1, -0.05) is 111 Å². The van der Waals surface area contributed by atoms with Crippen LogP contribution in [0.3, 0.4) is 0 Å². The lowest BCUT2D eigenvalue weighted by atomic mass is 9.81. The van der Waals surface area contributed by atoms with Crippen molar-refractivity contribution in [2.24, 2.45) is 0 Å². The van der Waals surface area contributed by atoms with Gasteiger partial charge in [0.25, 0.3) is 0 Å². The summed E-state index contributed by atoms with van der Waals surface area (Å²) in [5.74, 6) is 1.85. The van der Waals surface area contributed by atoms with Crippen LogP contribution in [0, 0.1) is 0 Å². The zero-order valence-electron chi connectivity index (χ0n) is 23.6. The third kappa shape index (κ3) is 3.25. The van der Waals surface area contributed by atoms with E-state index >= 15 is 0 Å². The van der Waals surface area contributed by atoms with Gasteiger partial charge in [-0.2, -0.15) is 0 Å². The smallest absolute Gasteiger partial charge is 0.143 e. The lowest BCUT2D eigenvalue weighted by molar-refractivity contribution is 0.489. The van der Waals surface area contributed by atoms with Crippen molar-refractivity contribution >= 4 is 21.5 Å². The molecule has 0 saturated carbocycles. The van der Waals surface area contributed by atoms with Crippen molar-refractivity contribution in [3.8, 4) is 56.0 Å². The first kappa shape index (κ1) is 23.6. The molecule has 0 bridgehead atoms. The van der Waals surface area contributed by atoms with Gasteiger partial charge in [-0.25, -0.2) is 0 Å². The Morgan fingerprint density at radius 1 is 0.429 bits per heavy atom. The van der Waals surface area contributed by atoms with Crippen molar-refractivity contribution in [1.29, 1.82) is 0 Å². The number of ether oxygens (including phenoxy) is 1. The van der Waals surface area contributed by atoms with Gasteiger partial charge in [0.15, 0.2) is 0 Å². The standard InChI is InChI=1S/C41H28O/c1-41(2)36-24-30(16-19-32(36)34-21-27-11-6-7-12-28(27)23-37(34)41)31-18-15-26-13-8-14-33-35-22-29(25-9-4-3-5-10-25)17-20-38(35)42-40(31)39(26)33/h3-24H,1-2H3. The van der Waals surface area contributed by atoms with Crippen molar-refractivity contribution in [3.05, 3.63) is 145 Å². The SMILES string of the molecule is CC1(C)c2cc(-c3ccc4cccc5c4c3Oc3ccc(-c4ccccc4)cc3-5)ccc2-c2cc3ccccc3cc21. The first-order chi connectivity index (χ1) is 20.6. The average molecular weight is 537 g/mol. The van der Waals surface area contributed by atoms with Crippen LogP contribution < -0.4 is 4.74 Å². The second-order valence-corrected chi connectivity index (χ2v) is 12.2. The average Bonchev–Trinajstić information content (AvgIpc) is 3.25. The van der Waals surface area contributed by atoms with Gasteiger partial charge in [0.2, 0.25) is 0 Å². The van der Waals surface area contributed by atoms with E-state index in [1.165, 1.54) is 66.1 Å². The van der Waals surface area contributed by atoms with Gasteiger partial charge >= 0.3 is 0 Å². The Labute approximate surface area is 245 Å². The fraction of sp³-hybridized carbons (Fsp3) is 0.0732. The topological polar surface area (TPSA) is 9.23 Å². The van der Waals surface area contributed by atoms with Gasteiger partial charge < -0.3 is 4.74 Å². The largest absolute Gasteiger partial charge is 0.455 e. The minimum atomic E-state index is -0.0920. The summed E-state index contributed by atoms with van der Waals surface area (Å²) in [4.78, 5) is 0. The first-order valence-electron chi connectivity index (χ1n) is 14.7. The molecular weight excluding hydrogens is 508 g/mol. The second kappa shape index (κ2) is 8.44. The van der Waals surface area contributed by atoms with Crippen LogP contribution >= 0.6 is 0 Å². The highest BCUT2D eigenvalue weighted by atomic mass is 16.5. The third-order valence-electron chi connectivity index (χ3n) is 9.44. The van der Waals surface area contributed by atoms with Gasteiger partial charge in [0.05, 0.1) is 0 Å². The molecule has 1 heteroatoms. The highest BCUT2D eigenvalue weighted by Crippen LogP contribution is 2.54. The van der Waals surface area contributed by atoms with Crippen molar-refractivity contribution in [2.75, 3.05) is 0 Å². The molecule has 0 amide bonds. The van der Waals surface area contributed by atoms with Crippen molar-refractivity contribution in [2.45, 2.75) is 19.3 Å². The van der Waals surface area contributed by atoms with Crippen LogP contribution in [0.25, 0.3) is 66.1 Å². The van der Waals surface area contributed by atoms with E-state index in [4.69, 9.17) is 4.74 Å². The third-order valence-corrected chi connectivity index (χ3v) is 9.44. The Hall–Kier alpha value is -5.14. The highest BCUT2D eigenvalue weighted by Gasteiger charge is 2.36. The predicted octanol–water partition coefficient (Wildman–Crippen LogP) is 11.4. The maximum Gasteiger partial charge on any atom is 0.143 e. The van der Waals surface area contributed by atoms with E-state index in [1.54, 1.807) is 0 Å². The molecule has 2 aliphatic rings. The molecule has 1 heterocycles. The van der Waals surface area contributed by atoms with Gasteiger partial charge in [0.1, 0.15) is 11.5 Å². The van der Waals surface area contributed by atoms with Crippen LogP contribution in [0.4, 0.5) is 0 Å². The molecule has 0 atom stereocenters. The molecule has 1 nitrogen and oxygen atoms in total. The molecule has 198 valence electrons. The lowest BCUT2D eigenvalue weighted by Gasteiger charge is -2.25. The molecule has 0 saturated heterocycles. The van der Waals surface area contributed by atoms with Gasteiger partial charge in [-0.3, -0.25) is 0 Å². The first-order valence-corrected chi connectivity index (χ1v) is 14.7. The molecule has 0 unspecified atom stereocenters. The molecule has 7 aromatic rings. The zero-order valence-corrected chi connectivity index (χ0v) is 23.6. The van der Waals surface area contributed by atoms with Crippen LogP contribution in [-0.4, -0.2) is 0 Å². The molecule has 7 aromatic carbocycles. The fourth-order valence-corrected chi connectivity index (χ4v) is 7.24. The van der Waals surface area contributed by atoms with E-state index in [2.05, 4.69) is 147 Å². The van der Waals surface area contributed by atoms with Crippen molar-refractivity contribution < 1.29 is 4.74 Å². The molecule has 0 aromatic heterocycles. The molecule has 0 N–H and O–H groups in total. The van der Waals surface area contributed by atoms with Crippen LogP contribution in [0.1, 0.15) is 25.0 Å². The molecule has 0 fully saturated rings. The van der Waals surface area contributed by atoms with Crippen LogP contribution in [0.5, 0.6) is 11.5 Å². The summed E-state index contributed by atoms with van der Waals surface area (Å²) >= 11 is 0. The molecule has 0 radical (unpaired) electrons. The molecular formula is C41H28O. The minimum Gasteiger partial charge on any atom is -0.455 e. The van der Waals surface area contributed by atoms with Crippen molar-refractivity contribution in [1.82, 2.24) is 0 Å². The van der Waals surface area contributed by atoms with E-state index in [0.717, 1.165) is 22.6 Å². The van der Waals surface area contributed by atoms with Gasteiger partial charge in [-0.05, 0) is 97.1 Å². The summed E-state index contributed by atoms with van der Waals surface area (Å²) in [6.45, 7) is 4.71. The number of hydrogen-bond donors (Lipinski definition) is 0. The van der Waals surface area contributed by atoms with E-state index in [1.807, 2.05) is 0 Å². The Morgan fingerprint density at radius 2 is 1.14 bits per heavy atom. The summed E-state index contributed by atoms with van der Waals surface area (Å²) in [6, 6.07) is 48.6. The quantitative estimate of drug-likeness (QED) is 0.213. The summed E-state index contributed by atoms with van der Waals surface area (Å²) in [6.07, 6.45) is 0. The van der Waals surface area contributed by atoms with Crippen molar-refractivity contribution in [3.63, 3.8) is 0 Å². The fourth-order valence-electron chi connectivity index (χ4n) is 7.24. The van der Waals surface area contributed by atoms with E-state index in [0.29, 0.717) is 0 Å². The highest BCUT2D eigenvalue weighted by molar-refractivity contribution is 6.08. The van der Waals surface area contributed by atoms with Gasteiger partial charge in [-0.15, -0.1) is 0 Å². The number of fused-ring (bicyclic) bond motifs is 6. The summed E-state index contributed by atoms with van der Waals surface area (Å²) in [5, 5.41) is 4.97. The number of benzene rings is 7. The Balaban J connectivity index is 1.22.